The maximum atomic E-state index is 11.4. The van der Waals surface area contributed by atoms with Gasteiger partial charge in [0.2, 0.25) is 0 Å². The summed E-state index contributed by atoms with van der Waals surface area (Å²) in [5.74, 6) is 1.46. The molecule has 0 saturated heterocycles. The van der Waals surface area contributed by atoms with Crippen LogP contribution in [0.2, 0.25) is 0 Å². The molecule has 4 heteroatoms. The van der Waals surface area contributed by atoms with Gasteiger partial charge in [-0.25, -0.2) is 8.42 Å². The summed E-state index contributed by atoms with van der Waals surface area (Å²) in [6.07, 6.45) is 9.05. The van der Waals surface area contributed by atoms with Gasteiger partial charge in [0.1, 0.15) is 0 Å². The first-order chi connectivity index (χ1) is 8.57. The SMILES string of the molecule is CCCC1CCCC(NCCS(=O)(=O)CC)CC1. The van der Waals surface area contributed by atoms with Crippen LogP contribution in [0.5, 0.6) is 0 Å². The van der Waals surface area contributed by atoms with E-state index in [0.29, 0.717) is 18.3 Å². The zero-order valence-corrected chi connectivity index (χ0v) is 12.8. The molecule has 0 aromatic rings. The van der Waals surface area contributed by atoms with Crippen molar-refractivity contribution in [3.63, 3.8) is 0 Å². The maximum Gasteiger partial charge on any atom is 0.151 e. The van der Waals surface area contributed by atoms with Crippen molar-refractivity contribution in [2.75, 3.05) is 18.1 Å². The van der Waals surface area contributed by atoms with Gasteiger partial charge in [0.05, 0.1) is 5.75 Å². The van der Waals surface area contributed by atoms with Crippen LogP contribution in [-0.2, 0) is 9.84 Å². The summed E-state index contributed by atoms with van der Waals surface area (Å²) in [5, 5.41) is 3.44. The Morgan fingerprint density at radius 3 is 2.56 bits per heavy atom. The second kappa shape index (κ2) is 8.16. The molecular formula is C14H29NO2S. The molecule has 1 aliphatic carbocycles. The number of hydrogen-bond donors (Lipinski definition) is 1. The van der Waals surface area contributed by atoms with Gasteiger partial charge in [0.25, 0.3) is 0 Å². The Bertz CT molecular complexity index is 314. The van der Waals surface area contributed by atoms with Crippen molar-refractivity contribution in [2.24, 2.45) is 5.92 Å². The van der Waals surface area contributed by atoms with Gasteiger partial charge in [-0.2, -0.15) is 0 Å². The first-order valence-electron chi connectivity index (χ1n) is 7.51. The number of nitrogens with one attached hydrogen (secondary N) is 1. The summed E-state index contributed by atoms with van der Waals surface area (Å²) < 4.78 is 22.8. The minimum Gasteiger partial charge on any atom is -0.313 e. The molecular weight excluding hydrogens is 246 g/mol. The maximum absolute atomic E-state index is 11.4. The van der Waals surface area contributed by atoms with Crippen LogP contribution < -0.4 is 5.32 Å². The second-order valence-corrected chi connectivity index (χ2v) is 8.02. The van der Waals surface area contributed by atoms with E-state index in [0.717, 1.165) is 5.92 Å². The highest BCUT2D eigenvalue weighted by Gasteiger charge is 2.18. The summed E-state index contributed by atoms with van der Waals surface area (Å²) in [5.41, 5.74) is 0. The van der Waals surface area contributed by atoms with Crippen LogP contribution in [0.25, 0.3) is 0 Å². The highest BCUT2D eigenvalue weighted by molar-refractivity contribution is 7.91. The Morgan fingerprint density at radius 2 is 1.89 bits per heavy atom. The fourth-order valence-electron chi connectivity index (χ4n) is 2.84. The zero-order valence-electron chi connectivity index (χ0n) is 12.0. The lowest BCUT2D eigenvalue weighted by Gasteiger charge is -2.16. The predicted octanol–water partition coefficient (Wildman–Crippen LogP) is 2.76. The zero-order chi connectivity index (χ0) is 13.4. The van der Waals surface area contributed by atoms with Gasteiger partial charge < -0.3 is 5.32 Å². The standard InChI is InChI=1S/C14H29NO2S/c1-3-6-13-7-5-8-14(10-9-13)15-11-12-18(16,17)4-2/h13-15H,3-12H2,1-2H3. The smallest absolute Gasteiger partial charge is 0.151 e. The fourth-order valence-corrected chi connectivity index (χ4v) is 3.56. The van der Waals surface area contributed by atoms with Crippen LogP contribution in [-0.4, -0.2) is 32.5 Å². The summed E-state index contributed by atoms with van der Waals surface area (Å²) in [6, 6.07) is 0.541. The molecule has 108 valence electrons. The van der Waals surface area contributed by atoms with E-state index in [1.165, 1.54) is 44.9 Å². The number of rotatable bonds is 7. The monoisotopic (exact) mass is 275 g/mol. The van der Waals surface area contributed by atoms with Gasteiger partial charge in [-0.1, -0.05) is 39.5 Å². The van der Waals surface area contributed by atoms with E-state index in [2.05, 4.69) is 12.2 Å². The molecule has 1 fully saturated rings. The van der Waals surface area contributed by atoms with E-state index >= 15 is 0 Å². The van der Waals surface area contributed by atoms with E-state index in [-0.39, 0.29) is 5.75 Å². The molecule has 0 aromatic heterocycles. The van der Waals surface area contributed by atoms with Gasteiger partial charge in [-0.05, 0) is 25.2 Å². The van der Waals surface area contributed by atoms with Crippen molar-refractivity contribution >= 4 is 9.84 Å². The Morgan fingerprint density at radius 1 is 1.11 bits per heavy atom. The van der Waals surface area contributed by atoms with Crippen molar-refractivity contribution in [1.82, 2.24) is 5.32 Å². The first kappa shape index (κ1) is 16.0. The van der Waals surface area contributed by atoms with Crippen molar-refractivity contribution in [3.05, 3.63) is 0 Å². The summed E-state index contributed by atoms with van der Waals surface area (Å²) in [6.45, 7) is 4.60. The lowest BCUT2D eigenvalue weighted by atomic mass is 9.95. The van der Waals surface area contributed by atoms with Crippen LogP contribution in [0.15, 0.2) is 0 Å². The number of hydrogen-bond acceptors (Lipinski definition) is 3. The highest BCUT2D eigenvalue weighted by Crippen LogP contribution is 2.26. The molecule has 0 aliphatic heterocycles. The van der Waals surface area contributed by atoms with Crippen LogP contribution in [0.4, 0.5) is 0 Å². The molecule has 0 heterocycles. The summed E-state index contributed by atoms with van der Waals surface area (Å²) >= 11 is 0. The summed E-state index contributed by atoms with van der Waals surface area (Å²) in [7, 11) is -2.81. The third-order valence-corrected chi connectivity index (χ3v) is 5.78. The summed E-state index contributed by atoms with van der Waals surface area (Å²) in [4.78, 5) is 0. The van der Waals surface area contributed by atoms with Gasteiger partial charge in [-0.3, -0.25) is 0 Å². The van der Waals surface area contributed by atoms with Crippen LogP contribution in [0.1, 0.15) is 58.8 Å². The minimum absolute atomic E-state index is 0.262. The Kier molecular flexibility index (Phi) is 7.23. The number of sulfone groups is 1. The molecule has 0 radical (unpaired) electrons. The average Bonchev–Trinajstić information content (AvgIpc) is 2.56. The molecule has 0 aromatic carbocycles. The van der Waals surface area contributed by atoms with Crippen molar-refractivity contribution in [3.8, 4) is 0 Å². The van der Waals surface area contributed by atoms with E-state index in [1.807, 2.05) is 0 Å². The molecule has 0 bridgehead atoms. The van der Waals surface area contributed by atoms with E-state index in [9.17, 15) is 8.42 Å². The van der Waals surface area contributed by atoms with Crippen molar-refractivity contribution < 1.29 is 8.42 Å². The Labute approximate surface area is 113 Å². The van der Waals surface area contributed by atoms with Crippen LogP contribution in [0.3, 0.4) is 0 Å². The molecule has 1 aliphatic rings. The quantitative estimate of drug-likeness (QED) is 0.727. The molecule has 1 N–H and O–H groups in total. The first-order valence-corrected chi connectivity index (χ1v) is 9.33. The minimum atomic E-state index is -2.81. The topological polar surface area (TPSA) is 46.2 Å². The lowest BCUT2D eigenvalue weighted by Crippen LogP contribution is -2.33. The Balaban J connectivity index is 2.23. The van der Waals surface area contributed by atoms with E-state index in [1.54, 1.807) is 6.92 Å². The molecule has 2 unspecified atom stereocenters. The van der Waals surface area contributed by atoms with E-state index < -0.39 is 9.84 Å². The van der Waals surface area contributed by atoms with Crippen molar-refractivity contribution in [1.29, 1.82) is 0 Å². The van der Waals surface area contributed by atoms with Gasteiger partial charge in [0.15, 0.2) is 9.84 Å². The third kappa shape index (κ3) is 6.19. The second-order valence-electron chi connectivity index (χ2n) is 5.55. The van der Waals surface area contributed by atoms with Crippen LogP contribution >= 0.6 is 0 Å². The molecule has 1 rings (SSSR count). The average molecular weight is 275 g/mol. The van der Waals surface area contributed by atoms with E-state index in [4.69, 9.17) is 0 Å². The highest BCUT2D eigenvalue weighted by atomic mass is 32.2. The third-order valence-electron chi connectivity index (χ3n) is 4.07. The normalized spacial score (nSPS) is 25.9. The molecule has 1 saturated carbocycles. The molecule has 3 nitrogen and oxygen atoms in total. The Hall–Kier alpha value is -0.0900. The molecule has 0 amide bonds. The predicted molar refractivity (Wildman–Crippen MR) is 77.6 cm³/mol. The van der Waals surface area contributed by atoms with Gasteiger partial charge in [0, 0.05) is 18.3 Å². The van der Waals surface area contributed by atoms with Gasteiger partial charge >= 0.3 is 0 Å². The van der Waals surface area contributed by atoms with Crippen molar-refractivity contribution in [2.45, 2.75) is 64.8 Å². The van der Waals surface area contributed by atoms with Gasteiger partial charge in [-0.15, -0.1) is 0 Å². The molecule has 2 atom stereocenters. The largest absolute Gasteiger partial charge is 0.313 e. The fraction of sp³-hybridized carbons (Fsp3) is 1.00. The molecule has 18 heavy (non-hydrogen) atoms. The van der Waals surface area contributed by atoms with Crippen LogP contribution in [0, 0.1) is 5.92 Å². The lowest BCUT2D eigenvalue weighted by molar-refractivity contribution is 0.412. The molecule has 0 spiro atoms.